The second-order valence-electron chi connectivity index (χ2n) is 4.89. The zero-order chi connectivity index (χ0) is 15.6. The largest absolute Gasteiger partial charge is 0.438 e. The molecule has 6 nitrogen and oxygen atoms in total. The maximum atomic E-state index is 11.9. The van der Waals surface area contributed by atoms with E-state index in [2.05, 4.69) is 19.2 Å². The highest BCUT2D eigenvalue weighted by Gasteiger charge is 2.17. The van der Waals surface area contributed by atoms with E-state index in [9.17, 15) is 13.2 Å². The van der Waals surface area contributed by atoms with Crippen LogP contribution >= 0.6 is 0 Å². The molecule has 0 aliphatic heterocycles. The second-order valence-corrected chi connectivity index (χ2v) is 6.39. The molecule has 0 bridgehead atoms. The quantitative estimate of drug-likeness (QED) is 0.904. The van der Waals surface area contributed by atoms with Crippen LogP contribution in [0, 0.1) is 0 Å². The number of hydrogen-bond donors (Lipinski definition) is 2. The second kappa shape index (κ2) is 5.71. The summed E-state index contributed by atoms with van der Waals surface area (Å²) >= 11 is 0. The van der Waals surface area contributed by atoms with Crippen LogP contribution in [0.3, 0.4) is 0 Å². The zero-order valence-corrected chi connectivity index (χ0v) is 12.5. The number of sulfonamides is 1. The van der Waals surface area contributed by atoms with Crippen LogP contribution in [0.1, 0.15) is 35.9 Å². The smallest absolute Gasteiger partial charge is 0.291 e. The van der Waals surface area contributed by atoms with Crippen molar-refractivity contribution < 1.29 is 17.6 Å². The van der Waals surface area contributed by atoms with Gasteiger partial charge in [0, 0.05) is 5.69 Å². The summed E-state index contributed by atoms with van der Waals surface area (Å²) in [6.45, 7) is 4.15. The van der Waals surface area contributed by atoms with Gasteiger partial charge >= 0.3 is 0 Å². The summed E-state index contributed by atoms with van der Waals surface area (Å²) in [6, 6.07) is 9.79. The molecule has 0 fully saturated rings. The molecule has 0 aliphatic rings. The summed E-state index contributed by atoms with van der Waals surface area (Å²) in [5.74, 6) is -0.258. The molecule has 0 radical (unpaired) electrons. The number of carbonyl (C=O) groups is 1. The van der Waals surface area contributed by atoms with Gasteiger partial charge in [-0.1, -0.05) is 26.0 Å². The first-order chi connectivity index (χ1) is 9.77. The first-order valence-corrected chi connectivity index (χ1v) is 7.86. The molecule has 1 amide bonds. The number of rotatable bonds is 4. The Hall–Kier alpha value is -2.12. The molecule has 2 rings (SSSR count). The van der Waals surface area contributed by atoms with Crippen LogP contribution in [0.15, 0.2) is 45.9 Å². The molecule has 7 heteroatoms. The minimum atomic E-state index is -3.95. The van der Waals surface area contributed by atoms with Gasteiger partial charge in [0.15, 0.2) is 5.76 Å². The number of primary sulfonamides is 1. The van der Waals surface area contributed by atoms with Crippen molar-refractivity contribution in [3.63, 3.8) is 0 Å². The minimum absolute atomic E-state index is 0.119. The highest BCUT2D eigenvalue weighted by Crippen LogP contribution is 2.18. The Balaban J connectivity index is 2.12. The van der Waals surface area contributed by atoms with Gasteiger partial charge in [0.05, 0.1) is 0 Å². The van der Waals surface area contributed by atoms with Crippen LogP contribution < -0.4 is 10.5 Å². The van der Waals surface area contributed by atoms with E-state index in [-0.39, 0.29) is 5.76 Å². The van der Waals surface area contributed by atoms with Crippen LogP contribution in [0.4, 0.5) is 5.69 Å². The van der Waals surface area contributed by atoms with E-state index in [1.54, 1.807) is 12.1 Å². The lowest BCUT2D eigenvalue weighted by Crippen LogP contribution is -2.12. The van der Waals surface area contributed by atoms with Crippen molar-refractivity contribution in [2.45, 2.75) is 24.9 Å². The Morgan fingerprint density at radius 2 is 1.76 bits per heavy atom. The molecule has 0 spiro atoms. The molecule has 1 aromatic heterocycles. The number of nitrogens with two attached hydrogens (primary N) is 1. The van der Waals surface area contributed by atoms with Gasteiger partial charge in [-0.2, -0.15) is 0 Å². The minimum Gasteiger partial charge on any atom is -0.438 e. The Bertz CT molecular complexity index is 746. The number of hydrogen-bond acceptors (Lipinski definition) is 4. The Labute approximate surface area is 123 Å². The molecule has 0 atom stereocenters. The summed E-state index contributed by atoms with van der Waals surface area (Å²) < 4.78 is 27.1. The number of anilines is 1. The molecule has 1 aromatic carbocycles. The van der Waals surface area contributed by atoms with Crippen molar-refractivity contribution in [1.29, 1.82) is 0 Å². The summed E-state index contributed by atoms with van der Waals surface area (Å²) in [6.07, 6.45) is 0. The maximum absolute atomic E-state index is 11.9. The number of nitrogens with one attached hydrogen (secondary N) is 1. The number of amides is 1. The van der Waals surface area contributed by atoms with Gasteiger partial charge in [-0.15, -0.1) is 0 Å². The average Bonchev–Trinajstić information content (AvgIpc) is 2.88. The van der Waals surface area contributed by atoms with E-state index in [4.69, 9.17) is 9.56 Å². The Kier molecular flexibility index (Phi) is 4.15. The maximum Gasteiger partial charge on any atom is 0.291 e. The molecule has 21 heavy (non-hydrogen) atoms. The van der Waals surface area contributed by atoms with Gasteiger partial charge in [0.1, 0.15) is 0 Å². The predicted molar refractivity (Wildman–Crippen MR) is 78.6 cm³/mol. The third-order valence-corrected chi connectivity index (χ3v) is 3.70. The first kappa shape index (κ1) is 15.3. The normalized spacial score (nSPS) is 11.6. The molecule has 0 saturated carbocycles. The lowest BCUT2D eigenvalue weighted by Gasteiger charge is -2.07. The van der Waals surface area contributed by atoms with Gasteiger partial charge in [0.2, 0.25) is 5.09 Å². The SMILES string of the molecule is CC(C)c1ccc(NC(=O)c2ccc(S(N)(=O)=O)o2)cc1. The first-order valence-electron chi connectivity index (χ1n) is 6.31. The molecule has 0 saturated heterocycles. The van der Waals surface area contributed by atoms with Crippen LogP contribution in [0.25, 0.3) is 0 Å². The van der Waals surface area contributed by atoms with Gasteiger partial charge in [-0.05, 0) is 35.7 Å². The molecule has 2 aromatic rings. The lowest BCUT2D eigenvalue weighted by atomic mass is 10.0. The van der Waals surface area contributed by atoms with Crippen molar-refractivity contribution in [3.05, 3.63) is 47.7 Å². The molecule has 0 aliphatic carbocycles. The van der Waals surface area contributed by atoms with Crippen molar-refractivity contribution in [1.82, 2.24) is 0 Å². The molecular weight excluding hydrogens is 292 g/mol. The fourth-order valence-electron chi connectivity index (χ4n) is 1.74. The highest BCUT2D eigenvalue weighted by molar-refractivity contribution is 7.89. The van der Waals surface area contributed by atoms with Gasteiger partial charge in [-0.3, -0.25) is 4.79 Å². The average molecular weight is 308 g/mol. The van der Waals surface area contributed by atoms with Crippen LogP contribution in [0.5, 0.6) is 0 Å². The predicted octanol–water partition coefficient (Wildman–Crippen LogP) is 2.30. The van der Waals surface area contributed by atoms with E-state index < -0.39 is 21.0 Å². The van der Waals surface area contributed by atoms with Crippen molar-refractivity contribution in [3.8, 4) is 0 Å². The molecule has 1 heterocycles. The van der Waals surface area contributed by atoms with E-state index in [0.29, 0.717) is 11.6 Å². The van der Waals surface area contributed by atoms with E-state index in [0.717, 1.165) is 11.6 Å². The Morgan fingerprint density at radius 3 is 2.24 bits per heavy atom. The summed E-state index contributed by atoms with van der Waals surface area (Å²) in [5.41, 5.74) is 1.75. The third-order valence-electron chi connectivity index (χ3n) is 2.92. The summed E-state index contributed by atoms with van der Waals surface area (Å²) in [7, 11) is -3.95. The third kappa shape index (κ3) is 3.71. The topological polar surface area (TPSA) is 102 Å². The zero-order valence-electron chi connectivity index (χ0n) is 11.7. The Morgan fingerprint density at radius 1 is 1.14 bits per heavy atom. The van der Waals surface area contributed by atoms with Crippen LogP contribution in [-0.4, -0.2) is 14.3 Å². The van der Waals surface area contributed by atoms with Gasteiger partial charge in [-0.25, -0.2) is 13.6 Å². The van der Waals surface area contributed by atoms with E-state index in [1.165, 1.54) is 6.07 Å². The van der Waals surface area contributed by atoms with Crippen molar-refractivity contribution in [2.75, 3.05) is 5.32 Å². The van der Waals surface area contributed by atoms with Gasteiger partial charge in [0.25, 0.3) is 15.9 Å². The number of carbonyl (C=O) groups excluding carboxylic acids is 1. The van der Waals surface area contributed by atoms with Gasteiger partial charge < -0.3 is 9.73 Å². The molecule has 3 N–H and O–H groups in total. The standard InChI is InChI=1S/C14H16N2O4S/c1-9(2)10-3-5-11(6-4-10)16-14(17)12-7-8-13(20-12)21(15,18)19/h3-9H,1-2H3,(H,16,17)(H2,15,18,19). The fraction of sp³-hybridized carbons (Fsp3) is 0.214. The van der Waals surface area contributed by atoms with Crippen LogP contribution in [-0.2, 0) is 10.0 Å². The monoisotopic (exact) mass is 308 g/mol. The number of benzene rings is 1. The van der Waals surface area contributed by atoms with Crippen molar-refractivity contribution in [2.24, 2.45) is 5.14 Å². The van der Waals surface area contributed by atoms with Crippen LogP contribution in [0.2, 0.25) is 0 Å². The lowest BCUT2D eigenvalue weighted by molar-refractivity contribution is 0.0991. The van der Waals surface area contributed by atoms with E-state index in [1.807, 2.05) is 12.1 Å². The van der Waals surface area contributed by atoms with E-state index >= 15 is 0 Å². The number of furan rings is 1. The summed E-state index contributed by atoms with van der Waals surface area (Å²) in [5, 5.41) is 7.09. The fourth-order valence-corrected chi connectivity index (χ4v) is 2.20. The highest BCUT2D eigenvalue weighted by atomic mass is 32.2. The molecule has 112 valence electrons. The molecular formula is C14H16N2O4S. The van der Waals surface area contributed by atoms with Crippen molar-refractivity contribution >= 4 is 21.6 Å². The molecule has 0 unspecified atom stereocenters. The summed E-state index contributed by atoms with van der Waals surface area (Å²) in [4.78, 5) is 11.9.